The molecular formula is C16H15ClN2. The number of benzene rings is 2. The van der Waals surface area contributed by atoms with Gasteiger partial charge < -0.3 is 5.73 Å². The molecule has 2 rings (SSSR count). The van der Waals surface area contributed by atoms with E-state index in [1.807, 2.05) is 60.7 Å². The van der Waals surface area contributed by atoms with Crippen molar-refractivity contribution in [3.63, 3.8) is 0 Å². The maximum atomic E-state index is 6.05. The average Bonchev–Trinajstić information content (AvgIpc) is 2.45. The lowest BCUT2D eigenvalue weighted by atomic mass is 10.2. The summed E-state index contributed by atoms with van der Waals surface area (Å²) in [5.41, 5.74) is 7.91. The van der Waals surface area contributed by atoms with Crippen LogP contribution in [-0.2, 0) is 6.54 Å². The number of nitrogens with zero attached hydrogens (tertiary/aromatic N) is 1. The Morgan fingerprint density at radius 3 is 2.47 bits per heavy atom. The molecule has 0 atom stereocenters. The Labute approximate surface area is 118 Å². The molecule has 0 unspecified atom stereocenters. The van der Waals surface area contributed by atoms with Gasteiger partial charge in [-0.15, -0.1) is 0 Å². The molecule has 2 nitrogen and oxygen atoms in total. The predicted octanol–water partition coefficient (Wildman–Crippen LogP) is 3.91. The smallest absolute Gasteiger partial charge is 0.118 e. The van der Waals surface area contributed by atoms with Gasteiger partial charge in [-0.05, 0) is 29.3 Å². The van der Waals surface area contributed by atoms with Crippen molar-refractivity contribution >= 4 is 23.5 Å². The minimum absolute atomic E-state index is 0.490. The van der Waals surface area contributed by atoms with Crippen LogP contribution in [0.5, 0.6) is 0 Å². The van der Waals surface area contributed by atoms with Gasteiger partial charge in [-0.2, -0.15) is 0 Å². The van der Waals surface area contributed by atoms with Crippen LogP contribution in [0.2, 0.25) is 5.02 Å². The number of halogens is 1. The van der Waals surface area contributed by atoms with Crippen molar-refractivity contribution in [1.82, 2.24) is 0 Å². The lowest BCUT2D eigenvalue weighted by Gasteiger charge is -1.98. The SMILES string of the molecule is NC(/C=C\c1ccccc1Cl)=NCc1ccccc1. The van der Waals surface area contributed by atoms with Gasteiger partial charge in [-0.3, -0.25) is 4.99 Å². The third kappa shape index (κ3) is 4.27. The molecular weight excluding hydrogens is 256 g/mol. The van der Waals surface area contributed by atoms with E-state index in [4.69, 9.17) is 17.3 Å². The summed E-state index contributed by atoms with van der Waals surface area (Å²) in [6.45, 7) is 0.583. The van der Waals surface area contributed by atoms with E-state index in [-0.39, 0.29) is 0 Å². The van der Waals surface area contributed by atoms with E-state index in [2.05, 4.69) is 4.99 Å². The summed E-state index contributed by atoms with van der Waals surface area (Å²) < 4.78 is 0. The second kappa shape index (κ2) is 6.76. The summed E-state index contributed by atoms with van der Waals surface area (Å²) in [6, 6.07) is 17.6. The van der Waals surface area contributed by atoms with E-state index in [0.29, 0.717) is 17.4 Å². The van der Waals surface area contributed by atoms with Gasteiger partial charge in [0.15, 0.2) is 0 Å². The van der Waals surface area contributed by atoms with Crippen LogP contribution < -0.4 is 5.73 Å². The summed E-state index contributed by atoms with van der Waals surface area (Å²) in [5.74, 6) is 0.490. The molecule has 0 aliphatic heterocycles. The number of aliphatic imine (C=N–C) groups is 1. The van der Waals surface area contributed by atoms with Gasteiger partial charge in [0, 0.05) is 5.02 Å². The fraction of sp³-hybridized carbons (Fsp3) is 0.0625. The minimum atomic E-state index is 0.490. The summed E-state index contributed by atoms with van der Waals surface area (Å²) in [5, 5.41) is 0.703. The number of amidine groups is 1. The van der Waals surface area contributed by atoms with Crippen LogP contribution in [0.4, 0.5) is 0 Å². The van der Waals surface area contributed by atoms with E-state index >= 15 is 0 Å². The van der Waals surface area contributed by atoms with Gasteiger partial charge in [-0.25, -0.2) is 0 Å². The highest BCUT2D eigenvalue weighted by Crippen LogP contribution is 2.16. The molecule has 3 heteroatoms. The van der Waals surface area contributed by atoms with Crippen molar-refractivity contribution in [2.45, 2.75) is 6.54 Å². The molecule has 96 valence electrons. The van der Waals surface area contributed by atoms with Gasteiger partial charge in [0.2, 0.25) is 0 Å². The molecule has 2 aromatic rings. The van der Waals surface area contributed by atoms with Crippen LogP contribution in [0.3, 0.4) is 0 Å². The lowest BCUT2D eigenvalue weighted by molar-refractivity contribution is 1.06. The number of nitrogens with two attached hydrogens (primary N) is 1. The van der Waals surface area contributed by atoms with Crippen molar-refractivity contribution in [3.05, 3.63) is 76.8 Å². The van der Waals surface area contributed by atoms with Crippen LogP contribution in [0.1, 0.15) is 11.1 Å². The molecule has 2 aromatic carbocycles. The second-order valence-corrected chi connectivity index (χ2v) is 4.49. The van der Waals surface area contributed by atoms with Crippen molar-refractivity contribution in [2.24, 2.45) is 10.7 Å². The fourth-order valence-corrected chi connectivity index (χ4v) is 1.80. The molecule has 2 N–H and O–H groups in total. The third-order valence-electron chi connectivity index (χ3n) is 2.63. The van der Waals surface area contributed by atoms with Crippen molar-refractivity contribution < 1.29 is 0 Å². The van der Waals surface area contributed by atoms with Gasteiger partial charge in [0.05, 0.1) is 6.54 Å². The molecule has 0 amide bonds. The topological polar surface area (TPSA) is 38.4 Å². The normalized spacial score (nSPS) is 11.9. The van der Waals surface area contributed by atoms with Crippen LogP contribution in [0.25, 0.3) is 6.08 Å². The molecule has 0 radical (unpaired) electrons. The summed E-state index contributed by atoms with van der Waals surface area (Å²) in [4.78, 5) is 4.30. The first-order chi connectivity index (χ1) is 9.25. The van der Waals surface area contributed by atoms with Crippen LogP contribution in [0.15, 0.2) is 65.7 Å². The molecule has 0 spiro atoms. The molecule has 0 aromatic heterocycles. The molecule has 0 heterocycles. The molecule has 0 saturated carbocycles. The second-order valence-electron chi connectivity index (χ2n) is 4.08. The quantitative estimate of drug-likeness (QED) is 0.664. The van der Waals surface area contributed by atoms with E-state index in [9.17, 15) is 0 Å². The highest BCUT2D eigenvalue weighted by Gasteiger charge is 1.94. The van der Waals surface area contributed by atoms with Gasteiger partial charge in [0.1, 0.15) is 5.84 Å². The molecule has 19 heavy (non-hydrogen) atoms. The highest BCUT2D eigenvalue weighted by molar-refractivity contribution is 6.32. The minimum Gasteiger partial charge on any atom is -0.384 e. The van der Waals surface area contributed by atoms with Crippen molar-refractivity contribution in [2.75, 3.05) is 0 Å². The highest BCUT2D eigenvalue weighted by atomic mass is 35.5. The molecule has 0 fully saturated rings. The zero-order valence-electron chi connectivity index (χ0n) is 10.5. The fourth-order valence-electron chi connectivity index (χ4n) is 1.60. The zero-order valence-corrected chi connectivity index (χ0v) is 11.2. The Hall–Kier alpha value is -2.06. The molecule has 0 saturated heterocycles. The lowest BCUT2D eigenvalue weighted by Crippen LogP contribution is -2.07. The third-order valence-corrected chi connectivity index (χ3v) is 2.97. The summed E-state index contributed by atoms with van der Waals surface area (Å²) in [7, 11) is 0. The maximum absolute atomic E-state index is 6.05. The van der Waals surface area contributed by atoms with E-state index in [0.717, 1.165) is 11.1 Å². The summed E-state index contributed by atoms with van der Waals surface area (Å²) in [6.07, 6.45) is 3.64. The Morgan fingerprint density at radius 1 is 1.05 bits per heavy atom. The van der Waals surface area contributed by atoms with Crippen LogP contribution in [0, 0.1) is 0 Å². The van der Waals surface area contributed by atoms with Crippen molar-refractivity contribution in [1.29, 1.82) is 0 Å². The Morgan fingerprint density at radius 2 is 1.74 bits per heavy atom. The van der Waals surface area contributed by atoms with E-state index < -0.39 is 0 Å². The first kappa shape index (κ1) is 13.4. The van der Waals surface area contributed by atoms with Crippen LogP contribution in [-0.4, -0.2) is 5.84 Å². The number of rotatable bonds is 4. The molecule has 0 aliphatic carbocycles. The largest absolute Gasteiger partial charge is 0.384 e. The Kier molecular flexibility index (Phi) is 4.76. The molecule has 0 aliphatic rings. The average molecular weight is 271 g/mol. The number of hydrogen-bond acceptors (Lipinski definition) is 1. The van der Waals surface area contributed by atoms with E-state index in [1.165, 1.54) is 0 Å². The first-order valence-corrected chi connectivity index (χ1v) is 6.40. The summed E-state index contributed by atoms with van der Waals surface area (Å²) >= 11 is 6.05. The van der Waals surface area contributed by atoms with Gasteiger partial charge in [0.25, 0.3) is 0 Å². The Bertz CT molecular complexity index is 589. The zero-order chi connectivity index (χ0) is 13.5. The predicted molar refractivity (Wildman–Crippen MR) is 82.3 cm³/mol. The number of hydrogen-bond donors (Lipinski definition) is 1. The monoisotopic (exact) mass is 270 g/mol. The van der Waals surface area contributed by atoms with Crippen molar-refractivity contribution in [3.8, 4) is 0 Å². The van der Waals surface area contributed by atoms with Gasteiger partial charge in [-0.1, -0.05) is 60.1 Å². The van der Waals surface area contributed by atoms with Gasteiger partial charge >= 0.3 is 0 Å². The van der Waals surface area contributed by atoms with E-state index in [1.54, 1.807) is 6.08 Å². The molecule has 0 bridgehead atoms. The Balaban J connectivity index is 2.01. The van der Waals surface area contributed by atoms with Crippen LogP contribution >= 0.6 is 11.6 Å². The first-order valence-electron chi connectivity index (χ1n) is 6.02. The maximum Gasteiger partial charge on any atom is 0.118 e. The standard InChI is InChI=1S/C16H15ClN2/c17-15-9-5-4-8-14(15)10-11-16(18)19-12-13-6-2-1-3-7-13/h1-11H,12H2,(H2,18,19)/b11-10-.